The lowest BCUT2D eigenvalue weighted by Gasteiger charge is -2.00. The van der Waals surface area contributed by atoms with Crippen LogP contribution in [-0.2, 0) is 11.2 Å². The zero-order valence-electron chi connectivity index (χ0n) is 10.6. The van der Waals surface area contributed by atoms with Gasteiger partial charge in [-0.1, -0.05) is 34.1 Å². The van der Waals surface area contributed by atoms with Gasteiger partial charge >= 0.3 is 0 Å². The number of rotatable bonds is 4. The Morgan fingerprint density at radius 1 is 1.20 bits per heavy atom. The number of halogens is 2. The molecule has 20 heavy (non-hydrogen) atoms. The van der Waals surface area contributed by atoms with Crippen LogP contribution in [0.2, 0.25) is 0 Å². The number of carbonyl (C=O) groups is 1. The van der Waals surface area contributed by atoms with Crippen LogP contribution in [-0.4, -0.2) is 5.78 Å². The molecule has 0 aromatic heterocycles. The van der Waals surface area contributed by atoms with Gasteiger partial charge in [-0.2, -0.15) is 0 Å². The number of nitrogen functional groups attached to an aromatic ring is 1. The van der Waals surface area contributed by atoms with Crippen molar-refractivity contribution >= 4 is 33.5 Å². The fraction of sp³-hybridized carbons (Fsp3) is 0.0625. The van der Waals surface area contributed by atoms with Crippen LogP contribution in [0, 0.1) is 5.82 Å². The number of benzene rings is 2. The van der Waals surface area contributed by atoms with Gasteiger partial charge in [0, 0.05) is 16.6 Å². The van der Waals surface area contributed by atoms with Gasteiger partial charge in [0.05, 0.1) is 0 Å². The van der Waals surface area contributed by atoms with Crippen molar-refractivity contribution in [1.29, 1.82) is 0 Å². The number of hydrogen-bond donors (Lipinski definition) is 1. The lowest BCUT2D eigenvalue weighted by Crippen LogP contribution is -1.99. The maximum absolute atomic E-state index is 13.2. The van der Waals surface area contributed by atoms with Crippen LogP contribution >= 0.6 is 15.9 Å². The van der Waals surface area contributed by atoms with Gasteiger partial charge in [0.1, 0.15) is 5.82 Å². The minimum absolute atomic E-state index is 0.0840. The van der Waals surface area contributed by atoms with E-state index in [4.69, 9.17) is 5.73 Å². The van der Waals surface area contributed by atoms with E-state index in [0.717, 1.165) is 5.56 Å². The highest BCUT2D eigenvalue weighted by Gasteiger charge is 2.03. The molecule has 0 amide bonds. The summed E-state index contributed by atoms with van der Waals surface area (Å²) in [5, 5.41) is 0. The molecule has 0 atom stereocenters. The summed E-state index contributed by atoms with van der Waals surface area (Å²) in [7, 11) is 0. The quantitative estimate of drug-likeness (QED) is 0.678. The fourth-order valence-electron chi connectivity index (χ4n) is 1.77. The van der Waals surface area contributed by atoms with Gasteiger partial charge in [-0.05, 0) is 47.5 Å². The molecule has 2 nitrogen and oxygen atoms in total. The smallest absolute Gasteiger partial charge is 0.160 e. The first-order valence-corrected chi connectivity index (χ1v) is 6.83. The summed E-state index contributed by atoms with van der Waals surface area (Å²) in [5.74, 6) is -0.441. The number of allylic oxidation sites excluding steroid dienone is 1. The first-order valence-electron chi connectivity index (χ1n) is 6.04. The van der Waals surface area contributed by atoms with Crippen LogP contribution < -0.4 is 5.73 Å². The van der Waals surface area contributed by atoms with E-state index >= 15 is 0 Å². The predicted octanol–water partition coefficient (Wildman–Crippen LogP) is 4.00. The highest BCUT2D eigenvalue weighted by atomic mass is 79.9. The molecule has 0 spiro atoms. The van der Waals surface area contributed by atoms with Crippen molar-refractivity contribution in [2.24, 2.45) is 0 Å². The zero-order chi connectivity index (χ0) is 14.5. The molecule has 2 rings (SSSR count). The molecule has 2 aromatic rings. The maximum Gasteiger partial charge on any atom is 0.160 e. The van der Waals surface area contributed by atoms with Gasteiger partial charge in [0.15, 0.2) is 5.78 Å². The average molecular weight is 334 g/mol. The van der Waals surface area contributed by atoms with Gasteiger partial charge in [0.2, 0.25) is 0 Å². The third-order valence-corrected chi connectivity index (χ3v) is 3.16. The molecule has 0 heterocycles. The van der Waals surface area contributed by atoms with Crippen molar-refractivity contribution in [3.63, 3.8) is 0 Å². The predicted molar refractivity (Wildman–Crippen MR) is 82.7 cm³/mol. The van der Waals surface area contributed by atoms with E-state index in [1.165, 1.54) is 18.2 Å². The van der Waals surface area contributed by atoms with Crippen molar-refractivity contribution in [3.8, 4) is 0 Å². The summed E-state index contributed by atoms with van der Waals surface area (Å²) >= 11 is 3.20. The molecule has 0 radical (unpaired) electrons. The van der Waals surface area contributed by atoms with Crippen molar-refractivity contribution in [2.75, 3.05) is 5.73 Å². The maximum atomic E-state index is 13.2. The Labute approximate surface area is 125 Å². The Bertz CT molecular complexity index is 630. The Morgan fingerprint density at radius 2 is 1.90 bits per heavy atom. The minimum atomic E-state index is -0.357. The summed E-state index contributed by atoms with van der Waals surface area (Å²) in [5.41, 5.74) is 7.80. The van der Waals surface area contributed by atoms with E-state index in [1.54, 1.807) is 24.3 Å². The molecule has 0 unspecified atom stereocenters. The second kappa shape index (κ2) is 6.48. The van der Waals surface area contributed by atoms with Crippen LogP contribution in [0.25, 0.3) is 6.08 Å². The van der Waals surface area contributed by atoms with E-state index in [1.807, 2.05) is 12.1 Å². The van der Waals surface area contributed by atoms with E-state index in [2.05, 4.69) is 15.9 Å². The Hall–Kier alpha value is -1.94. The summed E-state index contributed by atoms with van der Waals surface area (Å²) < 4.78 is 13.8. The Kier molecular flexibility index (Phi) is 4.69. The standard InChI is InChI=1S/C16H13BrFNO/c17-13-7-12(8-14(18)10-13)9-16(20)6-3-11-1-4-15(19)5-2-11/h1-8,10H,9,19H2/b6-3+. The van der Waals surface area contributed by atoms with E-state index in [-0.39, 0.29) is 18.0 Å². The molecule has 0 aliphatic carbocycles. The van der Waals surface area contributed by atoms with Crippen molar-refractivity contribution in [3.05, 3.63) is 70.0 Å². The first-order chi connectivity index (χ1) is 9.52. The van der Waals surface area contributed by atoms with Gasteiger partial charge in [-0.15, -0.1) is 0 Å². The molecule has 4 heteroatoms. The molecule has 2 N–H and O–H groups in total. The summed E-state index contributed by atoms with van der Waals surface area (Å²) in [6.45, 7) is 0. The molecule has 2 aromatic carbocycles. The Balaban J connectivity index is 2.03. The third-order valence-electron chi connectivity index (χ3n) is 2.70. The van der Waals surface area contributed by atoms with Crippen molar-refractivity contribution in [2.45, 2.75) is 6.42 Å². The summed E-state index contributed by atoms with van der Waals surface area (Å²) in [6.07, 6.45) is 3.38. The highest BCUT2D eigenvalue weighted by Crippen LogP contribution is 2.16. The van der Waals surface area contributed by atoms with E-state index < -0.39 is 0 Å². The van der Waals surface area contributed by atoms with Crippen LogP contribution in [0.5, 0.6) is 0 Å². The van der Waals surface area contributed by atoms with Crippen LogP contribution in [0.15, 0.2) is 53.0 Å². The lowest BCUT2D eigenvalue weighted by molar-refractivity contribution is -0.113. The summed E-state index contributed by atoms with van der Waals surface area (Å²) in [6, 6.07) is 11.7. The van der Waals surface area contributed by atoms with Crippen LogP contribution in [0.4, 0.5) is 10.1 Å². The van der Waals surface area contributed by atoms with Gasteiger partial charge in [0.25, 0.3) is 0 Å². The number of anilines is 1. The van der Waals surface area contributed by atoms with Gasteiger partial charge < -0.3 is 5.73 Å². The molecule has 0 fully saturated rings. The van der Waals surface area contributed by atoms with E-state index in [0.29, 0.717) is 15.7 Å². The third kappa shape index (κ3) is 4.31. The molecule has 0 saturated heterocycles. The molecule has 0 aliphatic heterocycles. The van der Waals surface area contributed by atoms with Crippen LogP contribution in [0.1, 0.15) is 11.1 Å². The second-order valence-corrected chi connectivity index (χ2v) is 5.34. The number of carbonyl (C=O) groups excluding carboxylic acids is 1. The molecule has 0 bridgehead atoms. The normalized spacial score (nSPS) is 10.9. The average Bonchev–Trinajstić information content (AvgIpc) is 2.37. The summed E-state index contributed by atoms with van der Waals surface area (Å²) in [4.78, 5) is 11.8. The fourth-order valence-corrected chi connectivity index (χ4v) is 2.28. The molecule has 0 saturated carbocycles. The monoisotopic (exact) mass is 333 g/mol. The van der Waals surface area contributed by atoms with Crippen LogP contribution in [0.3, 0.4) is 0 Å². The number of ketones is 1. The lowest BCUT2D eigenvalue weighted by atomic mass is 10.1. The van der Waals surface area contributed by atoms with Gasteiger partial charge in [-0.25, -0.2) is 4.39 Å². The topological polar surface area (TPSA) is 43.1 Å². The Morgan fingerprint density at radius 3 is 2.55 bits per heavy atom. The molecule has 102 valence electrons. The van der Waals surface area contributed by atoms with Crippen molar-refractivity contribution in [1.82, 2.24) is 0 Å². The molecule has 0 aliphatic rings. The SMILES string of the molecule is Nc1ccc(/C=C/C(=O)Cc2cc(F)cc(Br)c2)cc1. The van der Waals surface area contributed by atoms with E-state index in [9.17, 15) is 9.18 Å². The molecular weight excluding hydrogens is 321 g/mol. The number of nitrogens with two attached hydrogens (primary N) is 1. The second-order valence-electron chi connectivity index (χ2n) is 4.42. The first kappa shape index (κ1) is 14.5. The zero-order valence-corrected chi connectivity index (χ0v) is 12.2. The van der Waals surface area contributed by atoms with Crippen molar-refractivity contribution < 1.29 is 9.18 Å². The minimum Gasteiger partial charge on any atom is -0.399 e. The number of hydrogen-bond acceptors (Lipinski definition) is 2. The largest absolute Gasteiger partial charge is 0.399 e. The van der Waals surface area contributed by atoms with Gasteiger partial charge in [-0.3, -0.25) is 4.79 Å². The highest BCUT2D eigenvalue weighted by molar-refractivity contribution is 9.10. The molecular formula is C16H13BrFNO.